The van der Waals surface area contributed by atoms with Crippen LogP contribution in [0.25, 0.3) is 0 Å². The number of hydrogen-bond acceptors (Lipinski definition) is 1. The van der Waals surface area contributed by atoms with Crippen molar-refractivity contribution >= 4 is 5.97 Å². The lowest BCUT2D eigenvalue weighted by atomic mass is 9.61. The van der Waals surface area contributed by atoms with Gasteiger partial charge in [0.15, 0.2) is 0 Å². The van der Waals surface area contributed by atoms with E-state index in [0.717, 1.165) is 49.7 Å². The highest BCUT2D eigenvalue weighted by atomic mass is 19.1. The van der Waals surface area contributed by atoms with Gasteiger partial charge in [-0.15, -0.1) is 0 Å². The van der Waals surface area contributed by atoms with Crippen LogP contribution in [0.5, 0.6) is 0 Å². The fraction of sp³-hybridized carbons (Fsp3) is 0.562. The second kappa shape index (κ2) is 4.62. The summed E-state index contributed by atoms with van der Waals surface area (Å²) in [5.74, 6) is -0.789. The maximum Gasteiger partial charge on any atom is 0.303 e. The molecule has 0 bridgehead atoms. The molecule has 1 saturated carbocycles. The average Bonchev–Trinajstić information content (AvgIpc) is 2.83. The second-order valence-corrected chi connectivity index (χ2v) is 5.97. The molecule has 1 spiro atoms. The molecule has 2 nitrogen and oxygen atoms in total. The van der Waals surface area contributed by atoms with Gasteiger partial charge in [-0.2, -0.15) is 0 Å². The van der Waals surface area contributed by atoms with Crippen LogP contribution in [-0.4, -0.2) is 11.1 Å². The fourth-order valence-electron chi connectivity index (χ4n) is 4.32. The molecule has 2 aliphatic rings. The van der Waals surface area contributed by atoms with Crippen molar-refractivity contribution in [2.75, 3.05) is 0 Å². The number of hydrogen-bond donors (Lipinski definition) is 1. The van der Waals surface area contributed by atoms with Gasteiger partial charge in [-0.1, -0.05) is 25.0 Å². The smallest absolute Gasteiger partial charge is 0.303 e. The maximum atomic E-state index is 14.3. The van der Waals surface area contributed by atoms with E-state index in [-0.39, 0.29) is 23.6 Å². The Kier molecular flexibility index (Phi) is 3.08. The molecule has 1 aromatic carbocycles. The van der Waals surface area contributed by atoms with E-state index in [1.54, 1.807) is 6.07 Å². The number of halogens is 1. The van der Waals surface area contributed by atoms with Crippen molar-refractivity contribution < 1.29 is 14.3 Å². The summed E-state index contributed by atoms with van der Waals surface area (Å²) in [4.78, 5) is 11.1. The summed E-state index contributed by atoms with van der Waals surface area (Å²) in [6.07, 6.45) is 5.93. The largest absolute Gasteiger partial charge is 0.481 e. The Hall–Kier alpha value is -1.38. The van der Waals surface area contributed by atoms with Crippen molar-refractivity contribution in [2.24, 2.45) is 5.92 Å². The second-order valence-electron chi connectivity index (χ2n) is 5.97. The van der Waals surface area contributed by atoms with Crippen LogP contribution in [0.1, 0.15) is 49.7 Å². The minimum atomic E-state index is -0.754. The minimum Gasteiger partial charge on any atom is -0.481 e. The molecule has 102 valence electrons. The molecule has 3 heteroatoms. The lowest BCUT2D eigenvalue weighted by molar-refractivity contribution is -0.139. The molecule has 0 amide bonds. The first-order valence-electron chi connectivity index (χ1n) is 7.13. The lowest BCUT2D eigenvalue weighted by Gasteiger charge is -2.43. The van der Waals surface area contributed by atoms with Crippen LogP contribution in [0.4, 0.5) is 4.39 Å². The van der Waals surface area contributed by atoms with Gasteiger partial charge < -0.3 is 5.11 Å². The zero-order valence-electron chi connectivity index (χ0n) is 11.0. The molecule has 1 fully saturated rings. The van der Waals surface area contributed by atoms with Gasteiger partial charge in [0.25, 0.3) is 0 Å². The predicted octanol–water partition coefficient (Wildman–Crippen LogP) is 3.67. The SMILES string of the molecule is O=C(O)CC1CCc2cccc(F)c2C12CCCC2. The van der Waals surface area contributed by atoms with E-state index >= 15 is 0 Å². The van der Waals surface area contributed by atoms with E-state index in [2.05, 4.69) is 0 Å². The normalized spacial score (nSPS) is 24.4. The molecule has 0 radical (unpaired) electrons. The van der Waals surface area contributed by atoms with Gasteiger partial charge in [0.05, 0.1) is 0 Å². The van der Waals surface area contributed by atoms with Gasteiger partial charge in [0.1, 0.15) is 5.82 Å². The summed E-state index contributed by atoms with van der Waals surface area (Å²) in [5.41, 5.74) is 1.73. The third-order valence-electron chi connectivity index (χ3n) is 5.06. The number of carbonyl (C=O) groups is 1. The number of fused-ring (bicyclic) bond motifs is 2. The van der Waals surface area contributed by atoms with Gasteiger partial charge in [0.2, 0.25) is 0 Å². The molecule has 1 unspecified atom stereocenters. The van der Waals surface area contributed by atoms with Crippen LogP contribution in [0.2, 0.25) is 0 Å². The fourth-order valence-corrected chi connectivity index (χ4v) is 4.32. The Balaban J connectivity index is 2.09. The van der Waals surface area contributed by atoms with Gasteiger partial charge in [-0.25, -0.2) is 4.39 Å². The van der Waals surface area contributed by atoms with Crippen molar-refractivity contribution in [3.63, 3.8) is 0 Å². The number of aliphatic carboxylic acids is 1. The van der Waals surface area contributed by atoms with E-state index in [4.69, 9.17) is 5.11 Å². The Morgan fingerprint density at radius 2 is 2.11 bits per heavy atom. The topological polar surface area (TPSA) is 37.3 Å². The monoisotopic (exact) mass is 262 g/mol. The van der Waals surface area contributed by atoms with Crippen molar-refractivity contribution in [3.8, 4) is 0 Å². The molecule has 1 N–H and O–H groups in total. The summed E-state index contributed by atoms with van der Waals surface area (Å²) in [6, 6.07) is 5.31. The summed E-state index contributed by atoms with van der Waals surface area (Å²) in [5, 5.41) is 9.13. The third kappa shape index (κ3) is 1.96. The van der Waals surface area contributed by atoms with E-state index in [0.29, 0.717) is 0 Å². The number of carboxylic acid groups (broad SMARTS) is 1. The highest BCUT2D eigenvalue weighted by Crippen LogP contribution is 2.53. The number of rotatable bonds is 2. The van der Waals surface area contributed by atoms with Crippen LogP contribution in [0, 0.1) is 11.7 Å². The van der Waals surface area contributed by atoms with Gasteiger partial charge in [-0.3, -0.25) is 4.79 Å². The molecule has 0 heterocycles. The Morgan fingerprint density at radius 1 is 1.37 bits per heavy atom. The lowest BCUT2D eigenvalue weighted by Crippen LogP contribution is -2.39. The first-order valence-corrected chi connectivity index (χ1v) is 7.13. The first kappa shape index (κ1) is 12.6. The van der Waals surface area contributed by atoms with Crippen molar-refractivity contribution in [1.29, 1.82) is 0 Å². The molecule has 3 rings (SSSR count). The van der Waals surface area contributed by atoms with Crippen LogP contribution in [0.15, 0.2) is 18.2 Å². The van der Waals surface area contributed by atoms with Crippen molar-refractivity contribution in [2.45, 2.75) is 50.4 Å². The van der Waals surface area contributed by atoms with Crippen LogP contribution in [0.3, 0.4) is 0 Å². The molecule has 0 aromatic heterocycles. The Bertz CT molecular complexity index is 503. The Morgan fingerprint density at radius 3 is 2.79 bits per heavy atom. The Labute approximate surface area is 112 Å². The van der Waals surface area contributed by atoms with E-state index in [9.17, 15) is 9.18 Å². The highest BCUT2D eigenvalue weighted by Gasteiger charge is 2.47. The quantitative estimate of drug-likeness (QED) is 0.882. The zero-order chi connectivity index (χ0) is 13.5. The van der Waals surface area contributed by atoms with Crippen LogP contribution in [-0.2, 0) is 16.6 Å². The van der Waals surface area contributed by atoms with Gasteiger partial charge in [-0.05, 0) is 48.8 Å². The summed E-state index contributed by atoms with van der Waals surface area (Å²) in [7, 11) is 0. The van der Waals surface area contributed by atoms with Crippen LogP contribution >= 0.6 is 0 Å². The number of aryl methyl sites for hydroxylation is 1. The summed E-state index contributed by atoms with van der Waals surface area (Å²) >= 11 is 0. The molecular weight excluding hydrogens is 243 g/mol. The molecule has 0 saturated heterocycles. The molecule has 1 atom stereocenters. The van der Waals surface area contributed by atoms with E-state index in [1.165, 1.54) is 6.07 Å². The molecule has 0 aliphatic heterocycles. The highest BCUT2D eigenvalue weighted by molar-refractivity contribution is 5.67. The van der Waals surface area contributed by atoms with Crippen molar-refractivity contribution in [1.82, 2.24) is 0 Å². The van der Waals surface area contributed by atoms with Crippen molar-refractivity contribution in [3.05, 3.63) is 35.1 Å². The third-order valence-corrected chi connectivity index (χ3v) is 5.06. The summed E-state index contributed by atoms with van der Waals surface area (Å²) in [6.45, 7) is 0. The molecule has 19 heavy (non-hydrogen) atoms. The minimum absolute atomic E-state index is 0.0944. The maximum absolute atomic E-state index is 14.3. The van der Waals surface area contributed by atoms with E-state index < -0.39 is 5.97 Å². The summed E-state index contributed by atoms with van der Waals surface area (Å²) < 4.78 is 14.3. The molecule has 2 aliphatic carbocycles. The molecular formula is C16H19FO2. The van der Waals surface area contributed by atoms with E-state index in [1.807, 2.05) is 6.07 Å². The predicted molar refractivity (Wildman–Crippen MR) is 70.6 cm³/mol. The first-order chi connectivity index (χ1) is 9.13. The number of carboxylic acids is 1. The van der Waals surface area contributed by atoms with Gasteiger partial charge >= 0.3 is 5.97 Å². The average molecular weight is 262 g/mol. The zero-order valence-corrected chi connectivity index (χ0v) is 11.0. The van der Waals surface area contributed by atoms with Gasteiger partial charge in [0, 0.05) is 11.8 Å². The standard InChI is InChI=1S/C16H19FO2/c17-13-5-3-4-11-6-7-12(10-14(18)19)16(15(11)13)8-1-2-9-16/h3-5,12H,1-2,6-10H2,(H,18,19). The molecule has 1 aromatic rings. The number of benzene rings is 1. The van der Waals surface area contributed by atoms with Crippen LogP contribution < -0.4 is 0 Å².